The average molecular weight is 586 g/mol. The third kappa shape index (κ3) is 4.72. The highest BCUT2D eigenvalue weighted by Gasteiger charge is 2.18. The number of para-hydroxylation sites is 1. The van der Waals surface area contributed by atoms with Gasteiger partial charge in [0.05, 0.1) is 5.02 Å². The van der Waals surface area contributed by atoms with Crippen molar-refractivity contribution in [3.05, 3.63) is 151 Å². The van der Waals surface area contributed by atoms with E-state index in [0.29, 0.717) is 28.1 Å². The van der Waals surface area contributed by atoms with Crippen LogP contribution in [0.15, 0.2) is 150 Å². The van der Waals surface area contributed by atoms with Gasteiger partial charge in [-0.1, -0.05) is 145 Å². The van der Waals surface area contributed by atoms with Crippen LogP contribution in [-0.4, -0.2) is 15.0 Å². The second-order valence-electron chi connectivity index (χ2n) is 10.6. The van der Waals surface area contributed by atoms with E-state index in [1.807, 2.05) is 72.8 Å². The minimum Gasteiger partial charge on any atom is -0.454 e. The number of halogens is 1. The van der Waals surface area contributed by atoms with Gasteiger partial charge in [-0.05, 0) is 34.4 Å². The predicted molar refractivity (Wildman–Crippen MR) is 179 cm³/mol. The van der Waals surface area contributed by atoms with Gasteiger partial charge in [0.2, 0.25) is 0 Å². The van der Waals surface area contributed by atoms with E-state index in [2.05, 4.69) is 72.8 Å². The van der Waals surface area contributed by atoms with Crippen LogP contribution in [-0.2, 0) is 0 Å². The molecule has 0 N–H and O–H groups in total. The van der Waals surface area contributed by atoms with Gasteiger partial charge < -0.3 is 4.42 Å². The topological polar surface area (TPSA) is 51.8 Å². The maximum atomic E-state index is 6.52. The van der Waals surface area contributed by atoms with Gasteiger partial charge in [0.15, 0.2) is 23.1 Å². The summed E-state index contributed by atoms with van der Waals surface area (Å²) in [6, 6.07) is 49.1. The van der Waals surface area contributed by atoms with Gasteiger partial charge in [0.1, 0.15) is 5.58 Å². The van der Waals surface area contributed by atoms with Crippen LogP contribution in [0.2, 0.25) is 5.02 Å². The van der Waals surface area contributed by atoms with E-state index in [1.165, 1.54) is 0 Å². The molecule has 4 nitrogen and oxygen atoms in total. The van der Waals surface area contributed by atoms with Gasteiger partial charge in [0, 0.05) is 27.5 Å². The molecule has 6 aromatic carbocycles. The van der Waals surface area contributed by atoms with Crippen molar-refractivity contribution in [2.75, 3.05) is 0 Å². The van der Waals surface area contributed by atoms with Crippen LogP contribution in [0, 0.1) is 0 Å². The molecule has 0 saturated carbocycles. The Morgan fingerprint density at radius 1 is 0.409 bits per heavy atom. The number of hydrogen-bond donors (Lipinski definition) is 0. The fourth-order valence-electron chi connectivity index (χ4n) is 5.64. The molecule has 8 rings (SSSR count). The zero-order valence-corrected chi connectivity index (χ0v) is 24.2. The van der Waals surface area contributed by atoms with Crippen LogP contribution in [0.3, 0.4) is 0 Å². The summed E-state index contributed by atoms with van der Waals surface area (Å²) in [5.74, 6) is 1.76. The largest absolute Gasteiger partial charge is 0.454 e. The first-order chi connectivity index (χ1) is 21.7. The molecule has 0 spiro atoms. The second kappa shape index (κ2) is 10.9. The van der Waals surface area contributed by atoms with E-state index in [-0.39, 0.29) is 0 Å². The number of rotatable bonds is 5. The monoisotopic (exact) mass is 585 g/mol. The number of benzene rings is 6. The minimum absolute atomic E-state index is 0.567. The first-order valence-corrected chi connectivity index (χ1v) is 14.8. The van der Waals surface area contributed by atoms with E-state index in [9.17, 15) is 0 Å². The lowest BCUT2D eigenvalue weighted by Crippen LogP contribution is -2.00. The molecule has 0 unspecified atom stereocenters. The molecule has 8 aromatic rings. The quantitative estimate of drug-likeness (QED) is 0.201. The van der Waals surface area contributed by atoms with Crippen molar-refractivity contribution < 1.29 is 4.42 Å². The lowest BCUT2D eigenvalue weighted by atomic mass is 10.0. The fourth-order valence-corrected chi connectivity index (χ4v) is 5.85. The van der Waals surface area contributed by atoms with Gasteiger partial charge in [0.25, 0.3) is 0 Å². The Labute approximate surface area is 259 Å². The van der Waals surface area contributed by atoms with Gasteiger partial charge in [-0.25, -0.2) is 15.0 Å². The summed E-state index contributed by atoms with van der Waals surface area (Å²) >= 11 is 6.52. The summed E-state index contributed by atoms with van der Waals surface area (Å²) < 4.78 is 6.18. The molecule has 44 heavy (non-hydrogen) atoms. The van der Waals surface area contributed by atoms with E-state index in [4.69, 9.17) is 31.0 Å². The second-order valence-corrected chi connectivity index (χ2v) is 11.0. The summed E-state index contributed by atoms with van der Waals surface area (Å²) in [6.45, 7) is 0. The Hall–Kier alpha value is -5.58. The molecule has 0 aliphatic rings. The maximum Gasteiger partial charge on any atom is 0.164 e. The summed E-state index contributed by atoms with van der Waals surface area (Å²) in [5.41, 5.74) is 8.63. The van der Waals surface area contributed by atoms with Crippen molar-refractivity contribution in [2.24, 2.45) is 0 Å². The standard InChI is InChI=1S/C39H24ClN3O/c40-33-15-7-13-31-35-32(14-8-16-34(35)44-36(31)33)39-42-37(29-21-17-27(18-22-29)25-9-3-1-4-10-25)41-38(43-39)30-23-19-28(20-24-30)26-11-5-2-6-12-26/h1-24H. The molecule has 5 heteroatoms. The van der Waals surface area contributed by atoms with Crippen LogP contribution in [0.1, 0.15) is 0 Å². The molecule has 2 aromatic heterocycles. The zero-order valence-electron chi connectivity index (χ0n) is 23.5. The van der Waals surface area contributed by atoms with Gasteiger partial charge >= 0.3 is 0 Å². The van der Waals surface area contributed by atoms with Gasteiger partial charge in [-0.2, -0.15) is 0 Å². The molecule has 2 heterocycles. The van der Waals surface area contributed by atoms with Crippen molar-refractivity contribution in [1.29, 1.82) is 0 Å². The lowest BCUT2D eigenvalue weighted by Gasteiger charge is -2.10. The van der Waals surface area contributed by atoms with Crippen molar-refractivity contribution >= 4 is 33.5 Å². The maximum absolute atomic E-state index is 6.52. The average Bonchev–Trinajstić information content (AvgIpc) is 3.49. The van der Waals surface area contributed by atoms with Crippen LogP contribution in [0.4, 0.5) is 0 Å². The lowest BCUT2D eigenvalue weighted by molar-refractivity contribution is 0.669. The van der Waals surface area contributed by atoms with Crippen molar-refractivity contribution in [2.45, 2.75) is 0 Å². The third-order valence-electron chi connectivity index (χ3n) is 7.85. The number of fused-ring (bicyclic) bond motifs is 3. The Balaban J connectivity index is 1.30. The fraction of sp³-hybridized carbons (Fsp3) is 0. The Morgan fingerprint density at radius 2 is 0.886 bits per heavy atom. The Bertz CT molecular complexity index is 2160. The van der Waals surface area contributed by atoms with Gasteiger partial charge in [-0.3, -0.25) is 0 Å². The van der Waals surface area contributed by atoms with E-state index >= 15 is 0 Å². The van der Waals surface area contributed by atoms with Gasteiger partial charge in [-0.15, -0.1) is 0 Å². The molecule has 0 radical (unpaired) electrons. The Morgan fingerprint density at radius 3 is 1.45 bits per heavy atom. The minimum atomic E-state index is 0.567. The molecule has 0 bridgehead atoms. The molecular weight excluding hydrogens is 562 g/mol. The molecule has 0 fully saturated rings. The van der Waals surface area contributed by atoms with Crippen molar-refractivity contribution in [1.82, 2.24) is 15.0 Å². The van der Waals surface area contributed by atoms with Crippen LogP contribution in [0.5, 0.6) is 0 Å². The molecule has 0 saturated heterocycles. The smallest absolute Gasteiger partial charge is 0.164 e. The Kier molecular flexibility index (Phi) is 6.47. The molecule has 0 amide bonds. The molecule has 0 aliphatic carbocycles. The molecular formula is C39H24ClN3O. The zero-order chi connectivity index (χ0) is 29.5. The summed E-state index contributed by atoms with van der Waals surface area (Å²) in [5, 5.41) is 2.41. The van der Waals surface area contributed by atoms with Crippen molar-refractivity contribution in [3.63, 3.8) is 0 Å². The van der Waals surface area contributed by atoms with Crippen LogP contribution in [0.25, 0.3) is 78.4 Å². The molecule has 208 valence electrons. The number of hydrogen-bond acceptors (Lipinski definition) is 4. The summed E-state index contributed by atoms with van der Waals surface area (Å²) in [7, 11) is 0. The van der Waals surface area contributed by atoms with Crippen LogP contribution >= 0.6 is 11.6 Å². The number of furan rings is 1. The van der Waals surface area contributed by atoms with Crippen molar-refractivity contribution in [3.8, 4) is 56.4 Å². The number of nitrogens with zero attached hydrogens (tertiary/aromatic N) is 3. The van der Waals surface area contributed by atoms with E-state index in [0.717, 1.165) is 55.3 Å². The molecule has 0 atom stereocenters. The summed E-state index contributed by atoms with van der Waals surface area (Å²) in [6.07, 6.45) is 0. The van der Waals surface area contributed by atoms with E-state index in [1.54, 1.807) is 0 Å². The first kappa shape index (κ1) is 26.1. The third-order valence-corrected chi connectivity index (χ3v) is 8.15. The highest BCUT2D eigenvalue weighted by atomic mass is 35.5. The van der Waals surface area contributed by atoms with E-state index < -0.39 is 0 Å². The highest BCUT2D eigenvalue weighted by Crippen LogP contribution is 2.39. The molecule has 0 aliphatic heterocycles. The summed E-state index contributed by atoms with van der Waals surface area (Å²) in [4.78, 5) is 15.0. The normalized spacial score (nSPS) is 11.3. The first-order valence-electron chi connectivity index (χ1n) is 14.4. The predicted octanol–water partition coefficient (Wildman–Crippen LogP) is 10.8. The SMILES string of the molecule is Clc1cccc2c1oc1cccc(-c3nc(-c4ccc(-c5ccccc5)cc4)nc(-c4ccc(-c5ccccc5)cc4)n3)c12. The van der Waals surface area contributed by atoms with Crippen LogP contribution < -0.4 is 0 Å². The highest BCUT2D eigenvalue weighted by molar-refractivity contribution is 6.36. The number of aromatic nitrogens is 3.